The van der Waals surface area contributed by atoms with Crippen molar-refractivity contribution in [2.24, 2.45) is 0 Å². The number of aryl methyl sites for hydroxylation is 2. The zero-order valence-corrected chi connectivity index (χ0v) is 12.5. The Morgan fingerprint density at radius 2 is 2.32 bits per heavy atom. The molecule has 1 aliphatic heterocycles. The van der Waals surface area contributed by atoms with Gasteiger partial charge < -0.3 is 10.1 Å². The van der Waals surface area contributed by atoms with E-state index in [9.17, 15) is 0 Å². The molecule has 0 aromatic carbocycles. The summed E-state index contributed by atoms with van der Waals surface area (Å²) in [7, 11) is 0. The number of nitrogens with one attached hydrogen (secondary N) is 1. The van der Waals surface area contributed by atoms with Crippen molar-refractivity contribution >= 4 is 0 Å². The van der Waals surface area contributed by atoms with Gasteiger partial charge in [0.05, 0.1) is 18.3 Å². The summed E-state index contributed by atoms with van der Waals surface area (Å²) < 4.78 is 7.85. The minimum absolute atomic E-state index is 0.398. The van der Waals surface area contributed by atoms with Gasteiger partial charge in [-0.3, -0.25) is 4.68 Å². The Morgan fingerprint density at radius 3 is 2.95 bits per heavy atom. The Morgan fingerprint density at radius 1 is 1.47 bits per heavy atom. The Kier molecular flexibility index (Phi) is 5.40. The van der Waals surface area contributed by atoms with Crippen molar-refractivity contribution in [1.29, 1.82) is 0 Å². The van der Waals surface area contributed by atoms with Gasteiger partial charge in [0.1, 0.15) is 0 Å². The van der Waals surface area contributed by atoms with Crippen molar-refractivity contribution in [3.63, 3.8) is 0 Å². The van der Waals surface area contributed by atoms with Crippen molar-refractivity contribution in [2.45, 2.75) is 65.1 Å². The van der Waals surface area contributed by atoms with Gasteiger partial charge in [0, 0.05) is 24.9 Å². The van der Waals surface area contributed by atoms with E-state index in [1.54, 1.807) is 0 Å². The van der Waals surface area contributed by atoms with Gasteiger partial charge in [-0.15, -0.1) is 0 Å². The molecule has 4 heteroatoms. The molecule has 0 bridgehead atoms. The van der Waals surface area contributed by atoms with E-state index >= 15 is 0 Å². The molecule has 1 N–H and O–H groups in total. The molecule has 0 spiro atoms. The first kappa shape index (κ1) is 14.5. The number of rotatable bonds is 7. The summed E-state index contributed by atoms with van der Waals surface area (Å²) in [6.45, 7) is 9.39. The SMILES string of the molecule is CCc1cc(CC)n(CCNC(C)C2CCCO2)n1. The van der Waals surface area contributed by atoms with Crippen LogP contribution in [0.1, 0.15) is 45.0 Å². The summed E-state index contributed by atoms with van der Waals surface area (Å²) >= 11 is 0. The van der Waals surface area contributed by atoms with Gasteiger partial charge >= 0.3 is 0 Å². The van der Waals surface area contributed by atoms with Crippen LogP contribution in [0.4, 0.5) is 0 Å². The second kappa shape index (κ2) is 7.06. The van der Waals surface area contributed by atoms with E-state index in [-0.39, 0.29) is 0 Å². The zero-order chi connectivity index (χ0) is 13.7. The second-order valence-corrected chi connectivity index (χ2v) is 5.35. The molecule has 1 aromatic rings. The molecule has 2 unspecified atom stereocenters. The van der Waals surface area contributed by atoms with Crippen LogP contribution in [-0.4, -0.2) is 35.1 Å². The Balaban J connectivity index is 1.79. The molecule has 0 amide bonds. The van der Waals surface area contributed by atoms with Crippen molar-refractivity contribution in [2.75, 3.05) is 13.2 Å². The Hall–Kier alpha value is -0.870. The maximum Gasteiger partial charge on any atom is 0.0726 e. The average molecular weight is 265 g/mol. The van der Waals surface area contributed by atoms with Crippen LogP contribution in [0.15, 0.2) is 6.07 Å². The fourth-order valence-electron chi connectivity index (χ4n) is 2.69. The largest absolute Gasteiger partial charge is 0.377 e. The molecule has 2 rings (SSSR count). The van der Waals surface area contributed by atoms with Crippen LogP contribution in [0.2, 0.25) is 0 Å². The molecule has 4 nitrogen and oxygen atoms in total. The molecule has 19 heavy (non-hydrogen) atoms. The van der Waals surface area contributed by atoms with Crippen molar-refractivity contribution in [3.05, 3.63) is 17.5 Å². The number of aromatic nitrogens is 2. The quantitative estimate of drug-likeness (QED) is 0.821. The number of ether oxygens (including phenoxy) is 1. The molecule has 2 heterocycles. The van der Waals surface area contributed by atoms with Crippen molar-refractivity contribution in [1.82, 2.24) is 15.1 Å². The van der Waals surface area contributed by atoms with Gasteiger partial charge in [-0.25, -0.2) is 0 Å². The van der Waals surface area contributed by atoms with E-state index < -0.39 is 0 Å². The zero-order valence-electron chi connectivity index (χ0n) is 12.5. The van der Waals surface area contributed by atoms with Crippen LogP contribution >= 0.6 is 0 Å². The summed E-state index contributed by atoms with van der Waals surface area (Å²) in [6, 6.07) is 2.66. The lowest BCUT2D eigenvalue weighted by Gasteiger charge is -2.20. The van der Waals surface area contributed by atoms with E-state index in [0.29, 0.717) is 12.1 Å². The summed E-state index contributed by atoms with van der Waals surface area (Å²) in [5, 5.41) is 8.21. The molecule has 108 valence electrons. The minimum atomic E-state index is 0.398. The lowest BCUT2D eigenvalue weighted by atomic mass is 10.1. The first-order chi connectivity index (χ1) is 9.24. The maximum atomic E-state index is 5.70. The summed E-state index contributed by atoms with van der Waals surface area (Å²) in [5.74, 6) is 0. The Bertz CT molecular complexity index is 383. The van der Waals surface area contributed by atoms with E-state index in [0.717, 1.165) is 32.5 Å². The maximum absolute atomic E-state index is 5.70. The molecular weight excluding hydrogens is 238 g/mol. The van der Waals surface area contributed by atoms with Crippen LogP contribution in [0.25, 0.3) is 0 Å². The van der Waals surface area contributed by atoms with Crippen LogP contribution < -0.4 is 5.32 Å². The highest BCUT2D eigenvalue weighted by atomic mass is 16.5. The fourth-order valence-corrected chi connectivity index (χ4v) is 2.69. The molecule has 1 fully saturated rings. The molecular formula is C15H27N3O. The van der Waals surface area contributed by atoms with Crippen molar-refractivity contribution < 1.29 is 4.74 Å². The first-order valence-corrected chi connectivity index (χ1v) is 7.65. The number of hydrogen-bond donors (Lipinski definition) is 1. The van der Waals surface area contributed by atoms with Crippen LogP contribution in [0, 0.1) is 0 Å². The van der Waals surface area contributed by atoms with E-state index in [2.05, 4.69) is 41.9 Å². The third-order valence-electron chi connectivity index (χ3n) is 3.95. The smallest absolute Gasteiger partial charge is 0.0726 e. The first-order valence-electron chi connectivity index (χ1n) is 7.65. The van der Waals surface area contributed by atoms with Gasteiger partial charge in [-0.2, -0.15) is 5.10 Å². The van der Waals surface area contributed by atoms with Crippen LogP contribution in [0.3, 0.4) is 0 Å². The fraction of sp³-hybridized carbons (Fsp3) is 0.800. The summed E-state index contributed by atoms with van der Waals surface area (Å²) in [6.07, 6.45) is 4.86. The predicted octanol–water partition coefficient (Wildman–Crippen LogP) is 2.17. The van der Waals surface area contributed by atoms with Gasteiger partial charge in [-0.05, 0) is 38.7 Å². The van der Waals surface area contributed by atoms with E-state index in [1.165, 1.54) is 24.2 Å². The van der Waals surface area contributed by atoms with Crippen LogP contribution in [-0.2, 0) is 24.1 Å². The standard InChI is InChI=1S/C15H27N3O/c1-4-13-11-14(5-2)18(17-13)9-8-16-12(3)15-7-6-10-19-15/h11-12,15-16H,4-10H2,1-3H3. The monoisotopic (exact) mass is 265 g/mol. The molecule has 0 radical (unpaired) electrons. The predicted molar refractivity (Wildman–Crippen MR) is 77.4 cm³/mol. The second-order valence-electron chi connectivity index (χ2n) is 5.35. The summed E-state index contributed by atoms with van der Waals surface area (Å²) in [5.41, 5.74) is 2.53. The average Bonchev–Trinajstić information content (AvgIpc) is 3.07. The highest BCUT2D eigenvalue weighted by Gasteiger charge is 2.21. The van der Waals surface area contributed by atoms with Crippen molar-refractivity contribution in [3.8, 4) is 0 Å². The van der Waals surface area contributed by atoms with Gasteiger partial charge in [0.2, 0.25) is 0 Å². The normalized spacial score (nSPS) is 20.9. The van der Waals surface area contributed by atoms with Crippen LogP contribution in [0.5, 0.6) is 0 Å². The Labute approximate surface area is 116 Å². The highest BCUT2D eigenvalue weighted by molar-refractivity contribution is 5.10. The summed E-state index contributed by atoms with van der Waals surface area (Å²) in [4.78, 5) is 0. The molecule has 2 atom stereocenters. The van der Waals surface area contributed by atoms with E-state index in [1.807, 2.05) is 0 Å². The number of nitrogens with zero attached hydrogens (tertiary/aromatic N) is 2. The van der Waals surface area contributed by atoms with Gasteiger partial charge in [0.25, 0.3) is 0 Å². The lowest BCUT2D eigenvalue weighted by molar-refractivity contribution is 0.0834. The third-order valence-corrected chi connectivity index (χ3v) is 3.95. The molecule has 1 saturated heterocycles. The molecule has 1 aromatic heterocycles. The molecule has 0 aliphatic carbocycles. The molecule has 1 aliphatic rings. The third kappa shape index (κ3) is 3.80. The minimum Gasteiger partial charge on any atom is -0.377 e. The lowest BCUT2D eigenvalue weighted by Crippen LogP contribution is -2.38. The molecule has 0 saturated carbocycles. The van der Waals surface area contributed by atoms with E-state index in [4.69, 9.17) is 4.74 Å². The van der Waals surface area contributed by atoms with Gasteiger partial charge in [-0.1, -0.05) is 13.8 Å². The highest BCUT2D eigenvalue weighted by Crippen LogP contribution is 2.15. The topological polar surface area (TPSA) is 39.1 Å². The van der Waals surface area contributed by atoms with Gasteiger partial charge in [0.15, 0.2) is 0 Å². The number of hydrogen-bond acceptors (Lipinski definition) is 3.